The molecular weight excluding hydrogens is 410 g/mol. The third-order valence-electron chi connectivity index (χ3n) is 4.96. The number of hydrogen-bond acceptors (Lipinski definition) is 5. The van der Waals surface area contributed by atoms with Gasteiger partial charge in [-0.25, -0.2) is 4.98 Å². The van der Waals surface area contributed by atoms with E-state index in [4.69, 9.17) is 4.98 Å². The number of pyridine rings is 1. The van der Waals surface area contributed by atoms with Gasteiger partial charge in [0.05, 0.1) is 28.9 Å². The number of thioether (sulfide) groups is 1. The van der Waals surface area contributed by atoms with Gasteiger partial charge in [0.2, 0.25) is 5.91 Å². The summed E-state index contributed by atoms with van der Waals surface area (Å²) in [6.07, 6.45) is 5.05. The standard InChI is InChI=1S/C24H23N3OS2/c1-3-18-7-6-9-21-23(18)26-24(30-21)27(16-19-8-4-5-14-25-19)22(28)15-17-10-12-20(29-2)13-11-17/h4-14H,3,15-16H2,1-2H3. The summed E-state index contributed by atoms with van der Waals surface area (Å²) in [5.74, 6) is 0.0228. The summed E-state index contributed by atoms with van der Waals surface area (Å²) in [6.45, 7) is 2.53. The number of aromatic nitrogens is 2. The van der Waals surface area contributed by atoms with Gasteiger partial charge >= 0.3 is 0 Å². The Kier molecular flexibility index (Phi) is 6.45. The Morgan fingerprint density at radius 2 is 1.90 bits per heavy atom. The molecule has 0 atom stereocenters. The number of fused-ring (bicyclic) bond motifs is 1. The molecule has 0 spiro atoms. The van der Waals surface area contributed by atoms with Crippen LogP contribution in [0, 0.1) is 0 Å². The molecule has 152 valence electrons. The average Bonchev–Trinajstić information content (AvgIpc) is 3.22. The highest BCUT2D eigenvalue weighted by Gasteiger charge is 2.21. The number of rotatable bonds is 7. The first-order valence-corrected chi connectivity index (χ1v) is 11.9. The van der Waals surface area contributed by atoms with Crippen molar-refractivity contribution < 1.29 is 4.79 Å². The molecule has 0 aliphatic heterocycles. The van der Waals surface area contributed by atoms with E-state index < -0.39 is 0 Å². The van der Waals surface area contributed by atoms with Crippen LogP contribution in [-0.4, -0.2) is 22.1 Å². The summed E-state index contributed by atoms with van der Waals surface area (Å²) < 4.78 is 1.10. The van der Waals surface area contributed by atoms with Gasteiger partial charge in [0.15, 0.2) is 5.13 Å². The number of aryl methyl sites for hydroxylation is 1. The molecule has 4 aromatic rings. The smallest absolute Gasteiger partial charge is 0.233 e. The Hall–Kier alpha value is -2.70. The number of carbonyl (C=O) groups excluding carboxylic acids is 1. The van der Waals surface area contributed by atoms with Crippen molar-refractivity contribution in [1.29, 1.82) is 0 Å². The quantitative estimate of drug-likeness (QED) is 0.348. The first-order valence-electron chi connectivity index (χ1n) is 9.89. The second kappa shape index (κ2) is 9.41. The zero-order valence-electron chi connectivity index (χ0n) is 17.0. The van der Waals surface area contributed by atoms with Gasteiger partial charge < -0.3 is 0 Å². The molecule has 0 N–H and O–H groups in total. The second-order valence-corrected chi connectivity index (χ2v) is 8.83. The van der Waals surface area contributed by atoms with E-state index in [1.54, 1.807) is 34.2 Å². The van der Waals surface area contributed by atoms with E-state index in [0.29, 0.717) is 13.0 Å². The van der Waals surface area contributed by atoms with E-state index >= 15 is 0 Å². The van der Waals surface area contributed by atoms with E-state index in [0.717, 1.165) is 33.0 Å². The van der Waals surface area contributed by atoms with Crippen LogP contribution < -0.4 is 4.90 Å². The molecule has 30 heavy (non-hydrogen) atoms. The van der Waals surface area contributed by atoms with Crippen LogP contribution in [0.1, 0.15) is 23.7 Å². The summed E-state index contributed by atoms with van der Waals surface area (Å²) in [5, 5.41) is 0.724. The van der Waals surface area contributed by atoms with Crippen LogP contribution in [0.5, 0.6) is 0 Å². The monoisotopic (exact) mass is 433 g/mol. The summed E-state index contributed by atoms with van der Waals surface area (Å²) in [6, 6.07) is 20.2. The van der Waals surface area contributed by atoms with Crippen molar-refractivity contribution in [1.82, 2.24) is 9.97 Å². The molecular formula is C24H23N3OS2. The highest BCUT2D eigenvalue weighted by Crippen LogP contribution is 2.32. The van der Waals surface area contributed by atoms with Crippen molar-refractivity contribution in [2.45, 2.75) is 31.2 Å². The summed E-state index contributed by atoms with van der Waals surface area (Å²) in [4.78, 5) is 25.6. The first-order chi connectivity index (χ1) is 14.7. The van der Waals surface area contributed by atoms with Crippen LogP contribution in [0.4, 0.5) is 5.13 Å². The fourth-order valence-electron chi connectivity index (χ4n) is 3.32. The van der Waals surface area contributed by atoms with Crippen LogP contribution in [0.25, 0.3) is 10.2 Å². The van der Waals surface area contributed by atoms with E-state index in [-0.39, 0.29) is 5.91 Å². The number of thiazole rings is 1. The molecule has 6 heteroatoms. The van der Waals surface area contributed by atoms with Gasteiger partial charge in [-0.2, -0.15) is 0 Å². The lowest BCUT2D eigenvalue weighted by atomic mass is 10.1. The fraction of sp³-hybridized carbons (Fsp3) is 0.208. The zero-order chi connectivity index (χ0) is 20.9. The van der Waals surface area contributed by atoms with Gasteiger partial charge in [0.25, 0.3) is 0 Å². The lowest BCUT2D eigenvalue weighted by molar-refractivity contribution is -0.118. The second-order valence-electron chi connectivity index (χ2n) is 6.94. The molecule has 0 radical (unpaired) electrons. The van der Waals surface area contributed by atoms with Crippen molar-refractivity contribution >= 4 is 44.4 Å². The largest absolute Gasteiger partial charge is 0.282 e. The Bertz CT molecular complexity index is 1140. The number of carbonyl (C=O) groups is 1. The number of anilines is 1. The SMILES string of the molecule is CCc1cccc2sc(N(Cc3ccccn3)C(=O)Cc3ccc(SC)cc3)nc12. The lowest BCUT2D eigenvalue weighted by Gasteiger charge is -2.19. The maximum absolute atomic E-state index is 13.4. The predicted octanol–water partition coefficient (Wildman–Crippen LogP) is 5.75. The topological polar surface area (TPSA) is 46.1 Å². The van der Waals surface area contributed by atoms with Gasteiger partial charge in [-0.05, 0) is 54.1 Å². The number of benzene rings is 2. The molecule has 1 amide bonds. The molecule has 0 aliphatic carbocycles. The fourth-order valence-corrected chi connectivity index (χ4v) is 4.76. The minimum Gasteiger partial charge on any atom is -0.282 e. The van der Waals surface area contributed by atoms with Crippen LogP contribution in [0.2, 0.25) is 0 Å². The van der Waals surface area contributed by atoms with Gasteiger partial charge in [0.1, 0.15) is 0 Å². The van der Waals surface area contributed by atoms with Crippen molar-refractivity contribution in [3.8, 4) is 0 Å². The molecule has 0 aliphatic rings. The van der Waals surface area contributed by atoms with Gasteiger partial charge in [0, 0.05) is 11.1 Å². The normalized spacial score (nSPS) is 11.0. The molecule has 2 aromatic carbocycles. The first kappa shape index (κ1) is 20.6. The van der Waals surface area contributed by atoms with Crippen LogP contribution in [0.15, 0.2) is 71.8 Å². The third-order valence-corrected chi connectivity index (χ3v) is 6.75. The average molecular weight is 434 g/mol. The molecule has 0 unspecified atom stereocenters. The van der Waals surface area contributed by atoms with Gasteiger partial charge in [-0.1, -0.05) is 48.6 Å². The molecule has 2 aromatic heterocycles. The maximum Gasteiger partial charge on any atom is 0.233 e. The molecule has 0 saturated carbocycles. The van der Waals surface area contributed by atoms with E-state index in [1.165, 1.54) is 10.5 Å². The Balaban J connectivity index is 1.67. The van der Waals surface area contributed by atoms with Crippen molar-refractivity contribution in [2.24, 2.45) is 0 Å². The number of para-hydroxylation sites is 1. The molecule has 0 bridgehead atoms. The predicted molar refractivity (Wildman–Crippen MR) is 126 cm³/mol. The number of hydrogen-bond donors (Lipinski definition) is 0. The number of nitrogens with zero attached hydrogens (tertiary/aromatic N) is 3. The van der Waals surface area contributed by atoms with Crippen molar-refractivity contribution in [2.75, 3.05) is 11.2 Å². The number of amides is 1. The Morgan fingerprint density at radius 3 is 2.60 bits per heavy atom. The van der Waals surface area contributed by atoms with Crippen molar-refractivity contribution in [3.63, 3.8) is 0 Å². The minimum absolute atomic E-state index is 0.0228. The highest BCUT2D eigenvalue weighted by atomic mass is 32.2. The Labute approximate surface area is 185 Å². The molecule has 4 rings (SSSR count). The summed E-state index contributed by atoms with van der Waals surface area (Å²) >= 11 is 3.26. The van der Waals surface area contributed by atoms with Crippen LogP contribution >= 0.6 is 23.1 Å². The maximum atomic E-state index is 13.4. The van der Waals surface area contributed by atoms with Crippen LogP contribution in [0.3, 0.4) is 0 Å². The summed E-state index contributed by atoms with van der Waals surface area (Å²) in [7, 11) is 0. The molecule has 0 fully saturated rings. The Morgan fingerprint density at radius 1 is 1.07 bits per heavy atom. The zero-order valence-corrected chi connectivity index (χ0v) is 18.7. The molecule has 0 saturated heterocycles. The van der Waals surface area contributed by atoms with E-state index in [9.17, 15) is 4.79 Å². The minimum atomic E-state index is 0.0228. The van der Waals surface area contributed by atoms with Gasteiger partial charge in [-0.15, -0.1) is 11.8 Å². The van der Waals surface area contributed by atoms with E-state index in [2.05, 4.69) is 42.2 Å². The summed E-state index contributed by atoms with van der Waals surface area (Å²) in [5.41, 5.74) is 4.04. The van der Waals surface area contributed by atoms with E-state index in [1.807, 2.05) is 36.6 Å². The van der Waals surface area contributed by atoms with Crippen molar-refractivity contribution in [3.05, 3.63) is 83.7 Å². The third kappa shape index (κ3) is 4.55. The molecule has 4 nitrogen and oxygen atoms in total. The lowest BCUT2D eigenvalue weighted by Crippen LogP contribution is -2.32. The van der Waals surface area contributed by atoms with Gasteiger partial charge in [-0.3, -0.25) is 14.7 Å². The molecule has 2 heterocycles. The van der Waals surface area contributed by atoms with Crippen LogP contribution in [-0.2, 0) is 24.2 Å². The highest BCUT2D eigenvalue weighted by molar-refractivity contribution is 7.98.